The molecule has 0 unspecified atom stereocenters. The molecule has 0 saturated carbocycles. The molecule has 0 saturated heterocycles. The highest BCUT2D eigenvalue weighted by molar-refractivity contribution is 5.71. The molecular weight excluding hydrogens is 391 g/mol. The molecule has 0 aliphatic carbocycles. The molecule has 2 heterocycles. The van der Waals surface area contributed by atoms with Gasteiger partial charge in [0.25, 0.3) is 12.7 Å². The Hall–Kier alpha value is -3.30. The third kappa shape index (κ3) is 4.41. The van der Waals surface area contributed by atoms with Gasteiger partial charge in [-0.2, -0.15) is 0 Å². The van der Waals surface area contributed by atoms with E-state index in [0.717, 1.165) is 6.07 Å². The fraction of sp³-hybridized carbons (Fsp3) is 0.316. The van der Waals surface area contributed by atoms with Crippen LogP contribution in [0, 0.1) is 12.7 Å². The second-order valence-corrected chi connectivity index (χ2v) is 6.34. The summed E-state index contributed by atoms with van der Waals surface area (Å²) in [6.45, 7) is 3.14. The van der Waals surface area contributed by atoms with E-state index in [1.165, 1.54) is 24.7 Å². The summed E-state index contributed by atoms with van der Waals surface area (Å²) in [7, 11) is 0. The van der Waals surface area contributed by atoms with Gasteiger partial charge in [-0.1, -0.05) is 18.2 Å². The smallest absolute Gasteiger partial charge is 0.309 e. The van der Waals surface area contributed by atoms with Crippen molar-refractivity contribution >= 4 is 11.8 Å². The van der Waals surface area contributed by atoms with Gasteiger partial charge < -0.3 is 19.9 Å². The van der Waals surface area contributed by atoms with E-state index in [-0.39, 0.29) is 28.5 Å². The van der Waals surface area contributed by atoms with Crippen LogP contribution in [0.1, 0.15) is 53.9 Å². The highest BCUT2D eigenvalue weighted by Gasteiger charge is 2.29. The summed E-state index contributed by atoms with van der Waals surface area (Å²) in [6.07, 6.45) is -1.79. The molecule has 0 amide bonds. The van der Waals surface area contributed by atoms with Gasteiger partial charge in [0.15, 0.2) is 0 Å². The van der Waals surface area contributed by atoms with Gasteiger partial charge in [0.05, 0.1) is 29.3 Å². The van der Waals surface area contributed by atoms with Crippen molar-refractivity contribution in [3.63, 3.8) is 0 Å². The maximum absolute atomic E-state index is 14.5. The molecule has 1 aromatic carbocycles. The molecule has 1 aromatic heterocycles. The van der Waals surface area contributed by atoms with Crippen molar-refractivity contribution in [3.05, 3.63) is 64.7 Å². The zero-order chi connectivity index (χ0) is 21.1. The lowest BCUT2D eigenvalue weighted by Crippen LogP contribution is -2.18. The predicted molar refractivity (Wildman–Crippen MR) is 95.6 cm³/mol. The lowest BCUT2D eigenvalue weighted by molar-refractivity contribution is -0.136. The minimum Gasteiger partial charge on any atom is -0.481 e. The van der Waals surface area contributed by atoms with Crippen LogP contribution in [0.15, 0.2) is 30.7 Å². The molecule has 10 heteroatoms. The van der Waals surface area contributed by atoms with Gasteiger partial charge in [-0.25, -0.2) is 23.1 Å². The van der Waals surface area contributed by atoms with Crippen LogP contribution >= 0.6 is 0 Å². The molecule has 2 N–H and O–H groups in total. The molecule has 2 aromatic rings. The van der Waals surface area contributed by atoms with E-state index in [1.54, 1.807) is 13.8 Å². The zero-order valence-corrected chi connectivity index (χ0v) is 15.5. The summed E-state index contributed by atoms with van der Waals surface area (Å²) in [5, 5.41) is 12.1. The number of aryl methyl sites for hydroxylation is 1. The van der Waals surface area contributed by atoms with Gasteiger partial charge >= 0.3 is 5.97 Å². The molecule has 0 fully saturated rings. The molecule has 3 rings (SSSR count). The van der Waals surface area contributed by atoms with Gasteiger partial charge in [0.2, 0.25) is 0 Å². The molecule has 7 nitrogen and oxygen atoms in total. The molecular formula is C19H18F3N3O4. The minimum atomic E-state index is -2.95. The number of aliphatic carboxylic acids is 1. The number of rotatable bonds is 7. The first-order valence-electron chi connectivity index (χ1n) is 8.66. The van der Waals surface area contributed by atoms with Crippen molar-refractivity contribution in [2.24, 2.45) is 0 Å². The summed E-state index contributed by atoms with van der Waals surface area (Å²) in [6, 6.07) is 2.98. The largest absolute Gasteiger partial charge is 0.481 e. The number of halogens is 3. The number of carbonyl (C=O) groups is 1. The first-order chi connectivity index (χ1) is 13.8. The number of hydrogen-bond donors (Lipinski definition) is 2. The van der Waals surface area contributed by atoms with E-state index in [4.69, 9.17) is 9.47 Å². The quantitative estimate of drug-likeness (QED) is 0.709. The van der Waals surface area contributed by atoms with Crippen LogP contribution in [0.3, 0.4) is 0 Å². The Balaban J connectivity index is 2.01. The van der Waals surface area contributed by atoms with E-state index in [0.29, 0.717) is 0 Å². The Morgan fingerprint density at radius 1 is 1.24 bits per heavy atom. The third-order valence-corrected chi connectivity index (χ3v) is 4.26. The van der Waals surface area contributed by atoms with Crippen LogP contribution < -0.4 is 5.32 Å². The number of nitrogens with one attached hydrogen (secondary N) is 1. The van der Waals surface area contributed by atoms with Crippen LogP contribution in [0.5, 0.6) is 0 Å². The monoisotopic (exact) mass is 409 g/mol. The zero-order valence-electron chi connectivity index (χ0n) is 15.5. The van der Waals surface area contributed by atoms with Crippen molar-refractivity contribution in [2.75, 3.05) is 5.32 Å². The summed E-state index contributed by atoms with van der Waals surface area (Å²) < 4.78 is 51.2. The number of carboxylic acids is 1. The molecule has 29 heavy (non-hydrogen) atoms. The first kappa shape index (κ1) is 20.4. The van der Waals surface area contributed by atoms with Gasteiger partial charge in [0.1, 0.15) is 30.0 Å². The number of nitrogens with zero attached hydrogens (tertiary/aromatic N) is 2. The number of ether oxygens (including phenoxy) is 2. The number of alkyl halides is 2. The average molecular weight is 409 g/mol. The van der Waals surface area contributed by atoms with E-state index >= 15 is 0 Å². The molecule has 0 spiro atoms. The van der Waals surface area contributed by atoms with Crippen LogP contribution in [0.2, 0.25) is 0 Å². The van der Waals surface area contributed by atoms with Crippen molar-refractivity contribution in [1.29, 1.82) is 0 Å². The molecule has 1 aliphatic rings. The molecule has 1 atom stereocenters. The number of aromatic nitrogens is 2. The maximum atomic E-state index is 14.5. The van der Waals surface area contributed by atoms with Crippen molar-refractivity contribution in [2.45, 2.75) is 39.0 Å². The van der Waals surface area contributed by atoms with Crippen LogP contribution in [0.4, 0.5) is 19.0 Å². The SMILES string of the molecule is Cc1nc(CC(=O)O)c(C2OC=CO2)c(N[C@H](C)c2cccc(C(F)F)c2F)n1. The standard InChI is InChI=1S/C19H18F3N3O4/c1-9(11-4-3-5-12(16(11)20)17(21)22)23-18-15(19-28-6-7-29-19)13(8-14(26)27)24-10(2)25-18/h3-7,9,17,19H,8H2,1-2H3,(H,26,27)(H,23,24,25)/t9-/m1/s1. The second-order valence-electron chi connectivity index (χ2n) is 6.34. The summed E-state index contributed by atoms with van der Waals surface area (Å²) >= 11 is 0. The van der Waals surface area contributed by atoms with E-state index in [9.17, 15) is 23.1 Å². The lowest BCUT2D eigenvalue weighted by Gasteiger charge is -2.22. The van der Waals surface area contributed by atoms with E-state index < -0.39 is 42.5 Å². The minimum absolute atomic E-state index is 0.0104. The molecule has 0 bridgehead atoms. The number of benzene rings is 1. The van der Waals surface area contributed by atoms with Gasteiger partial charge in [-0.05, 0) is 13.8 Å². The van der Waals surface area contributed by atoms with Crippen LogP contribution in [-0.2, 0) is 20.7 Å². The second kappa shape index (κ2) is 8.38. The Morgan fingerprint density at radius 3 is 2.52 bits per heavy atom. The first-order valence-corrected chi connectivity index (χ1v) is 8.66. The van der Waals surface area contributed by atoms with Gasteiger partial charge in [-0.15, -0.1) is 0 Å². The van der Waals surface area contributed by atoms with Gasteiger partial charge in [-0.3, -0.25) is 4.79 Å². The third-order valence-electron chi connectivity index (χ3n) is 4.26. The number of anilines is 1. The summed E-state index contributed by atoms with van der Waals surface area (Å²) in [5.74, 6) is -1.70. The van der Waals surface area contributed by atoms with Gasteiger partial charge in [0, 0.05) is 5.56 Å². The molecule has 0 radical (unpaired) electrons. The summed E-state index contributed by atoms with van der Waals surface area (Å²) in [5.41, 5.74) is -0.292. The van der Waals surface area contributed by atoms with E-state index in [1.807, 2.05) is 0 Å². The highest BCUT2D eigenvalue weighted by atomic mass is 19.3. The topological polar surface area (TPSA) is 93.6 Å². The fourth-order valence-corrected chi connectivity index (χ4v) is 3.00. The highest BCUT2D eigenvalue weighted by Crippen LogP contribution is 2.34. The van der Waals surface area contributed by atoms with Crippen molar-refractivity contribution < 1.29 is 32.5 Å². The van der Waals surface area contributed by atoms with Crippen molar-refractivity contribution in [3.8, 4) is 0 Å². The van der Waals surface area contributed by atoms with Crippen LogP contribution in [0.25, 0.3) is 0 Å². The Bertz CT molecular complexity index is 945. The molecule has 154 valence electrons. The Kier molecular flexibility index (Phi) is 5.90. The number of hydrogen-bond acceptors (Lipinski definition) is 6. The number of carboxylic acid groups (broad SMARTS) is 1. The maximum Gasteiger partial charge on any atom is 0.309 e. The molecule has 1 aliphatic heterocycles. The summed E-state index contributed by atoms with van der Waals surface area (Å²) in [4.78, 5) is 19.7. The average Bonchev–Trinajstić information content (AvgIpc) is 3.14. The normalized spacial score (nSPS) is 14.6. The van der Waals surface area contributed by atoms with Crippen LogP contribution in [-0.4, -0.2) is 21.0 Å². The Morgan fingerprint density at radius 2 is 1.90 bits per heavy atom. The van der Waals surface area contributed by atoms with E-state index in [2.05, 4.69) is 15.3 Å². The predicted octanol–water partition coefficient (Wildman–Crippen LogP) is 4.18. The lowest BCUT2D eigenvalue weighted by atomic mass is 10.0. The van der Waals surface area contributed by atoms with Crippen molar-refractivity contribution in [1.82, 2.24) is 9.97 Å². The Labute approximate surface area is 164 Å². The fourth-order valence-electron chi connectivity index (χ4n) is 3.00.